The smallest absolute Gasteiger partial charge is 0.399 e. The number of rotatable bonds is 1. The first-order chi connectivity index (χ1) is 8.55. The molecule has 0 bridgehead atoms. The van der Waals surface area contributed by atoms with Crippen molar-refractivity contribution in [2.45, 2.75) is 65.1 Å². The fraction of sp³-hybridized carbons (Fsp3) is 0.667. The summed E-state index contributed by atoms with van der Waals surface area (Å²) in [6.45, 7) is 14.8. The lowest BCUT2D eigenvalue weighted by molar-refractivity contribution is 0.00578. The van der Waals surface area contributed by atoms with Gasteiger partial charge in [0, 0.05) is 12.4 Å². The topological polar surface area (TPSA) is 31.4 Å². The summed E-state index contributed by atoms with van der Waals surface area (Å²) in [7, 11) is -0.317. The van der Waals surface area contributed by atoms with Crippen LogP contribution < -0.4 is 5.46 Å². The van der Waals surface area contributed by atoms with Crippen LogP contribution in [0, 0.1) is 0 Å². The van der Waals surface area contributed by atoms with Crippen LogP contribution in [0.2, 0.25) is 0 Å². The van der Waals surface area contributed by atoms with E-state index in [-0.39, 0.29) is 23.7 Å². The maximum atomic E-state index is 6.14. The summed E-state index contributed by atoms with van der Waals surface area (Å²) in [5, 5.41) is 0. The van der Waals surface area contributed by atoms with Crippen LogP contribution >= 0.6 is 0 Å². The van der Waals surface area contributed by atoms with E-state index in [4.69, 9.17) is 9.31 Å². The molecule has 19 heavy (non-hydrogen) atoms. The minimum atomic E-state index is -0.317. The van der Waals surface area contributed by atoms with Crippen LogP contribution in [0.3, 0.4) is 0 Å². The highest BCUT2D eigenvalue weighted by atomic mass is 16.7. The van der Waals surface area contributed by atoms with Crippen molar-refractivity contribution in [3.63, 3.8) is 0 Å². The van der Waals surface area contributed by atoms with Gasteiger partial charge in [-0.2, -0.15) is 0 Å². The zero-order valence-corrected chi connectivity index (χ0v) is 13.1. The summed E-state index contributed by atoms with van der Waals surface area (Å²) in [5.41, 5.74) is 1.66. The van der Waals surface area contributed by atoms with Crippen molar-refractivity contribution in [1.82, 2.24) is 4.98 Å². The maximum absolute atomic E-state index is 6.14. The minimum absolute atomic E-state index is 0.0210. The van der Waals surface area contributed by atoms with Gasteiger partial charge in [0.05, 0.1) is 11.2 Å². The van der Waals surface area contributed by atoms with Crippen molar-refractivity contribution in [3.8, 4) is 0 Å². The van der Waals surface area contributed by atoms with Gasteiger partial charge in [-0.25, -0.2) is 0 Å². The largest absolute Gasteiger partial charge is 0.495 e. The molecule has 1 aliphatic heterocycles. The molecule has 0 N–H and O–H groups in total. The van der Waals surface area contributed by atoms with Crippen LogP contribution in [-0.2, 0) is 14.7 Å². The normalized spacial score (nSPS) is 21.7. The molecule has 0 spiro atoms. The Morgan fingerprint density at radius 1 is 1.05 bits per heavy atom. The SMILES string of the molecule is CC(C)(C)c1cnccc1B1OC(C)(C)C(C)(C)O1. The van der Waals surface area contributed by atoms with Gasteiger partial charge in [0.1, 0.15) is 0 Å². The molecule has 1 fully saturated rings. The third-order valence-corrected chi connectivity index (χ3v) is 4.17. The first-order valence-corrected chi connectivity index (χ1v) is 6.85. The number of aromatic nitrogens is 1. The Kier molecular flexibility index (Phi) is 3.31. The Labute approximate surface area is 116 Å². The van der Waals surface area contributed by atoms with Crippen LogP contribution in [0.1, 0.15) is 54.0 Å². The summed E-state index contributed by atoms with van der Waals surface area (Å²) < 4.78 is 12.3. The fourth-order valence-corrected chi connectivity index (χ4v) is 2.21. The van der Waals surface area contributed by atoms with E-state index < -0.39 is 0 Å². The first-order valence-electron chi connectivity index (χ1n) is 6.85. The van der Waals surface area contributed by atoms with Gasteiger partial charge in [0.2, 0.25) is 0 Å². The lowest BCUT2D eigenvalue weighted by Gasteiger charge is -2.32. The molecule has 0 aliphatic carbocycles. The highest BCUT2D eigenvalue weighted by Gasteiger charge is 2.52. The van der Waals surface area contributed by atoms with E-state index in [0.29, 0.717) is 0 Å². The molecule has 0 amide bonds. The summed E-state index contributed by atoms with van der Waals surface area (Å²) in [5.74, 6) is 0. The minimum Gasteiger partial charge on any atom is -0.399 e. The average Bonchev–Trinajstić information content (AvgIpc) is 2.47. The molecule has 0 atom stereocenters. The molecule has 1 aromatic heterocycles. The molecule has 0 saturated carbocycles. The van der Waals surface area contributed by atoms with E-state index in [1.165, 1.54) is 5.56 Å². The van der Waals surface area contributed by atoms with Gasteiger partial charge in [-0.15, -0.1) is 0 Å². The van der Waals surface area contributed by atoms with E-state index in [0.717, 1.165) is 5.46 Å². The fourth-order valence-electron chi connectivity index (χ4n) is 2.21. The van der Waals surface area contributed by atoms with E-state index >= 15 is 0 Å². The molecule has 4 heteroatoms. The Hall–Kier alpha value is -0.865. The van der Waals surface area contributed by atoms with Gasteiger partial charge >= 0.3 is 7.12 Å². The number of hydrogen-bond acceptors (Lipinski definition) is 3. The zero-order valence-electron chi connectivity index (χ0n) is 13.1. The van der Waals surface area contributed by atoms with Crippen molar-refractivity contribution in [3.05, 3.63) is 24.0 Å². The van der Waals surface area contributed by atoms with E-state index in [1.54, 1.807) is 6.20 Å². The van der Waals surface area contributed by atoms with Gasteiger partial charge in [-0.1, -0.05) is 20.8 Å². The molecular formula is C15H24BNO2. The molecule has 0 unspecified atom stereocenters. The van der Waals surface area contributed by atoms with Crippen molar-refractivity contribution in [2.24, 2.45) is 0 Å². The quantitative estimate of drug-likeness (QED) is 0.728. The lowest BCUT2D eigenvalue weighted by atomic mass is 9.70. The molecule has 2 rings (SSSR count). The van der Waals surface area contributed by atoms with E-state index in [9.17, 15) is 0 Å². The second-order valence-corrected chi connectivity index (χ2v) is 7.30. The predicted octanol–water partition coefficient (Wildman–Crippen LogP) is 2.68. The van der Waals surface area contributed by atoms with Gasteiger partial charge in [0.15, 0.2) is 0 Å². The van der Waals surface area contributed by atoms with Crippen LogP contribution in [0.25, 0.3) is 0 Å². The standard InChI is InChI=1S/C15H24BNO2/c1-13(2,3)11-10-17-9-8-12(11)16-18-14(4,5)15(6,7)19-16/h8-10H,1-7H3. The average molecular weight is 261 g/mol. The second kappa shape index (κ2) is 4.32. The van der Waals surface area contributed by atoms with Gasteiger partial charge in [-0.3, -0.25) is 4.98 Å². The maximum Gasteiger partial charge on any atom is 0.495 e. The van der Waals surface area contributed by atoms with Gasteiger partial charge in [-0.05, 0) is 50.2 Å². The van der Waals surface area contributed by atoms with Crippen LogP contribution in [-0.4, -0.2) is 23.3 Å². The van der Waals surface area contributed by atoms with Crippen LogP contribution in [0.15, 0.2) is 18.5 Å². The molecule has 104 valence electrons. The zero-order chi connectivity index (χ0) is 14.5. The predicted molar refractivity (Wildman–Crippen MR) is 78.7 cm³/mol. The van der Waals surface area contributed by atoms with E-state index in [2.05, 4.69) is 53.5 Å². The molecule has 1 aromatic rings. The Morgan fingerprint density at radius 3 is 2.05 bits per heavy atom. The van der Waals surface area contributed by atoms with Gasteiger partial charge in [0.25, 0.3) is 0 Å². The number of pyridine rings is 1. The highest BCUT2D eigenvalue weighted by Crippen LogP contribution is 2.37. The number of hydrogen-bond donors (Lipinski definition) is 0. The summed E-state index contributed by atoms with van der Waals surface area (Å²) in [6.07, 6.45) is 3.72. The van der Waals surface area contributed by atoms with Crippen molar-refractivity contribution in [1.29, 1.82) is 0 Å². The lowest BCUT2D eigenvalue weighted by Crippen LogP contribution is -2.41. The van der Waals surface area contributed by atoms with Gasteiger partial charge < -0.3 is 9.31 Å². The van der Waals surface area contributed by atoms with Crippen LogP contribution in [0.4, 0.5) is 0 Å². The molecule has 1 aliphatic rings. The monoisotopic (exact) mass is 261 g/mol. The molecule has 2 heterocycles. The molecule has 0 radical (unpaired) electrons. The van der Waals surface area contributed by atoms with Crippen LogP contribution in [0.5, 0.6) is 0 Å². The van der Waals surface area contributed by atoms with Crippen molar-refractivity contribution >= 4 is 12.6 Å². The van der Waals surface area contributed by atoms with Crippen molar-refractivity contribution in [2.75, 3.05) is 0 Å². The molecular weight excluding hydrogens is 237 g/mol. The highest BCUT2D eigenvalue weighted by molar-refractivity contribution is 6.62. The summed E-state index contributed by atoms with van der Waals surface area (Å²) >= 11 is 0. The molecule has 3 nitrogen and oxygen atoms in total. The summed E-state index contributed by atoms with van der Waals surface area (Å²) in [4.78, 5) is 4.24. The second-order valence-electron chi connectivity index (χ2n) is 7.30. The Morgan fingerprint density at radius 2 is 1.58 bits per heavy atom. The summed E-state index contributed by atoms with van der Waals surface area (Å²) in [6, 6.07) is 2.00. The third kappa shape index (κ3) is 2.56. The van der Waals surface area contributed by atoms with E-state index in [1.807, 2.05) is 12.3 Å². The number of nitrogens with zero attached hydrogens (tertiary/aromatic N) is 1. The Bertz CT molecular complexity index is 461. The Balaban J connectivity index is 2.41. The molecule has 0 aromatic carbocycles. The molecule has 1 saturated heterocycles. The first kappa shape index (κ1) is 14.5. The van der Waals surface area contributed by atoms with Crippen molar-refractivity contribution < 1.29 is 9.31 Å². The third-order valence-electron chi connectivity index (χ3n) is 4.17.